The zero-order valence-electron chi connectivity index (χ0n) is 14.0. The molecule has 0 unspecified atom stereocenters. The smallest absolute Gasteiger partial charge is 0.256 e. The van der Waals surface area contributed by atoms with Gasteiger partial charge in [0.15, 0.2) is 0 Å². The Bertz CT molecular complexity index is 690. The predicted molar refractivity (Wildman–Crippen MR) is 99.3 cm³/mol. The van der Waals surface area contributed by atoms with Crippen LogP contribution in [0, 0.1) is 0 Å². The van der Waals surface area contributed by atoms with Gasteiger partial charge in [-0.2, -0.15) is 0 Å². The van der Waals surface area contributed by atoms with Gasteiger partial charge in [-0.25, -0.2) is 0 Å². The molecule has 0 atom stereocenters. The summed E-state index contributed by atoms with van der Waals surface area (Å²) < 4.78 is 0. The van der Waals surface area contributed by atoms with Gasteiger partial charge in [-0.3, -0.25) is 9.97 Å². The average molecular weight is 695 g/mol. The Kier molecular flexibility index (Phi) is 10.5. The van der Waals surface area contributed by atoms with Crippen molar-refractivity contribution in [3.05, 3.63) is 109 Å². The van der Waals surface area contributed by atoms with Crippen LogP contribution in [0.1, 0.15) is 0 Å². The van der Waals surface area contributed by atoms with E-state index in [1.54, 1.807) is 0 Å². The molecule has 0 bridgehead atoms. The summed E-state index contributed by atoms with van der Waals surface area (Å²) in [6, 6.07) is 32.2. The van der Waals surface area contributed by atoms with Crippen molar-refractivity contribution in [2.75, 3.05) is 0 Å². The van der Waals surface area contributed by atoms with E-state index in [0.29, 0.717) is 0 Å². The Morgan fingerprint density at radius 3 is 1.04 bits per heavy atom. The van der Waals surface area contributed by atoms with E-state index in [9.17, 15) is 0 Å². The van der Waals surface area contributed by atoms with E-state index in [-0.39, 0.29) is 40.2 Å². The standard InChI is InChI=1S/2C11H9N.2Ir/c2*1-2-6-10(7-3-1)11-8-4-5-9-12-11;;/h2*1-9H;;/q;;2*+3. The second kappa shape index (κ2) is 12.4. The van der Waals surface area contributed by atoms with E-state index in [1.165, 1.54) is 0 Å². The maximum absolute atomic E-state index is 4.25. The second-order valence-corrected chi connectivity index (χ2v) is 5.16. The molecule has 4 rings (SSSR count). The summed E-state index contributed by atoms with van der Waals surface area (Å²) in [5.74, 6) is 0. The fourth-order valence-corrected chi connectivity index (χ4v) is 2.28. The van der Waals surface area contributed by atoms with Crippen molar-refractivity contribution in [3.8, 4) is 22.5 Å². The molecule has 26 heavy (non-hydrogen) atoms. The van der Waals surface area contributed by atoms with Crippen LogP contribution in [0.3, 0.4) is 0 Å². The fourth-order valence-electron chi connectivity index (χ4n) is 2.28. The summed E-state index contributed by atoms with van der Waals surface area (Å²) in [5, 5.41) is 0. The number of hydrogen-bond acceptors (Lipinski definition) is 2. The van der Waals surface area contributed by atoms with E-state index in [4.69, 9.17) is 0 Å². The molecule has 0 amide bonds. The number of benzene rings is 2. The van der Waals surface area contributed by atoms with Gasteiger partial charge in [-0.05, 0) is 24.3 Å². The van der Waals surface area contributed by atoms with Crippen molar-refractivity contribution in [2.24, 2.45) is 0 Å². The predicted octanol–water partition coefficient (Wildman–Crippen LogP) is 5.49. The van der Waals surface area contributed by atoms with Gasteiger partial charge < -0.3 is 0 Å². The van der Waals surface area contributed by atoms with Crippen molar-refractivity contribution in [3.63, 3.8) is 0 Å². The number of pyridine rings is 2. The van der Waals surface area contributed by atoms with Crippen molar-refractivity contribution >= 4 is 0 Å². The van der Waals surface area contributed by atoms with Crippen LogP contribution < -0.4 is 0 Å². The van der Waals surface area contributed by atoms with Crippen LogP contribution in [0.25, 0.3) is 22.5 Å². The molecule has 0 fully saturated rings. The molecule has 2 nitrogen and oxygen atoms in total. The molecule has 0 N–H and O–H groups in total. The van der Waals surface area contributed by atoms with E-state index in [2.05, 4.69) is 34.2 Å². The van der Waals surface area contributed by atoms with Gasteiger partial charge in [0.1, 0.15) is 0 Å². The van der Waals surface area contributed by atoms with Gasteiger partial charge in [0, 0.05) is 23.5 Å². The molecule has 2 aromatic carbocycles. The van der Waals surface area contributed by atoms with Gasteiger partial charge in [-0.1, -0.05) is 72.8 Å². The van der Waals surface area contributed by atoms with Crippen LogP contribution in [0.2, 0.25) is 0 Å². The quantitative estimate of drug-likeness (QED) is 0.278. The summed E-state index contributed by atoms with van der Waals surface area (Å²) in [6.45, 7) is 0. The van der Waals surface area contributed by atoms with Gasteiger partial charge in [-0.15, -0.1) is 0 Å². The first-order chi connectivity index (χ1) is 11.9. The van der Waals surface area contributed by atoms with Gasteiger partial charge in [0.2, 0.25) is 0 Å². The largest absolute Gasteiger partial charge is 3.00 e. The van der Waals surface area contributed by atoms with Crippen LogP contribution in [-0.2, 0) is 40.2 Å². The summed E-state index contributed by atoms with van der Waals surface area (Å²) in [5.41, 5.74) is 4.38. The first kappa shape index (κ1) is 22.1. The van der Waals surface area contributed by atoms with Gasteiger partial charge in [0.05, 0.1) is 11.4 Å². The third-order valence-electron chi connectivity index (χ3n) is 3.47. The number of rotatable bonds is 2. The number of hydrogen-bond donors (Lipinski definition) is 0. The summed E-state index contributed by atoms with van der Waals surface area (Å²) >= 11 is 0. The maximum Gasteiger partial charge on any atom is 3.00 e. The first-order valence-corrected chi connectivity index (χ1v) is 7.86. The Morgan fingerprint density at radius 1 is 0.385 bits per heavy atom. The molecule has 0 radical (unpaired) electrons. The van der Waals surface area contributed by atoms with E-state index in [1.807, 2.05) is 85.2 Å². The third kappa shape index (κ3) is 6.74. The Balaban J connectivity index is 0.000000241. The summed E-state index contributed by atoms with van der Waals surface area (Å²) in [6.07, 6.45) is 3.62. The minimum Gasteiger partial charge on any atom is -0.256 e. The number of nitrogens with zero attached hydrogens (tertiary/aromatic N) is 2. The Hall–Kier alpha value is -1.96. The van der Waals surface area contributed by atoms with Crippen molar-refractivity contribution < 1.29 is 40.2 Å². The molecule has 0 aliphatic heterocycles. The normalized spacial score (nSPS) is 8.92. The minimum atomic E-state index is 0. The molecule has 4 heteroatoms. The average Bonchev–Trinajstić information content (AvgIpc) is 2.71. The molecule has 2 heterocycles. The van der Waals surface area contributed by atoms with Gasteiger partial charge in [0.25, 0.3) is 0 Å². The minimum absolute atomic E-state index is 0. The maximum atomic E-state index is 4.25. The summed E-state index contributed by atoms with van der Waals surface area (Å²) in [4.78, 5) is 8.50. The van der Waals surface area contributed by atoms with Crippen LogP contribution in [-0.4, -0.2) is 9.97 Å². The zero-order valence-corrected chi connectivity index (χ0v) is 18.7. The molecule has 2 aromatic heterocycles. The van der Waals surface area contributed by atoms with Crippen LogP contribution in [0.15, 0.2) is 109 Å². The third-order valence-corrected chi connectivity index (χ3v) is 3.47. The van der Waals surface area contributed by atoms with Crippen molar-refractivity contribution in [1.82, 2.24) is 9.97 Å². The topological polar surface area (TPSA) is 25.8 Å². The zero-order chi connectivity index (χ0) is 16.5. The summed E-state index contributed by atoms with van der Waals surface area (Å²) in [7, 11) is 0. The van der Waals surface area contributed by atoms with E-state index < -0.39 is 0 Å². The van der Waals surface area contributed by atoms with Gasteiger partial charge >= 0.3 is 40.2 Å². The van der Waals surface area contributed by atoms with Crippen molar-refractivity contribution in [2.45, 2.75) is 0 Å². The van der Waals surface area contributed by atoms with Crippen molar-refractivity contribution in [1.29, 1.82) is 0 Å². The Morgan fingerprint density at radius 2 is 0.731 bits per heavy atom. The van der Waals surface area contributed by atoms with Crippen LogP contribution in [0.4, 0.5) is 0 Å². The molecule has 128 valence electrons. The SMILES string of the molecule is [Ir+3].[Ir+3].c1ccc(-c2ccccn2)cc1.c1ccc(-c2ccccn2)cc1. The van der Waals surface area contributed by atoms with Crippen LogP contribution >= 0.6 is 0 Å². The molecular formula is C22H18Ir2N2+6. The first-order valence-electron chi connectivity index (χ1n) is 7.86. The number of aromatic nitrogens is 2. The molecule has 0 aliphatic carbocycles. The fraction of sp³-hybridized carbons (Fsp3) is 0. The monoisotopic (exact) mass is 696 g/mol. The Labute approximate surface area is 181 Å². The molecular weight excluding hydrogens is 677 g/mol. The molecule has 4 aromatic rings. The molecule has 0 saturated carbocycles. The van der Waals surface area contributed by atoms with E-state index >= 15 is 0 Å². The molecule has 0 spiro atoms. The van der Waals surface area contributed by atoms with Crippen LogP contribution in [0.5, 0.6) is 0 Å². The second-order valence-electron chi connectivity index (χ2n) is 5.16. The molecule has 0 aliphatic rings. The van der Waals surface area contributed by atoms with E-state index in [0.717, 1.165) is 22.5 Å². The molecule has 0 saturated heterocycles.